The van der Waals surface area contributed by atoms with Crippen LogP contribution in [0.2, 0.25) is 0 Å². The second-order valence-electron chi connectivity index (χ2n) is 5.07. The highest BCUT2D eigenvalue weighted by Gasteiger charge is 2.37. The Morgan fingerprint density at radius 3 is 2.60 bits per heavy atom. The molecule has 1 amide bonds. The van der Waals surface area contributed by atoms with Gasteiger partial charge in [-0.25, -0.2) is 9.18 Å². The molecule has 0 aliphatic carbocycles. The zero-order valence-corrected chi connectivity index (χ0v) is 11.0. The van der Waals surface area contributed by atoms with Crippen molar-refractivity contribution in [3.63, 3.8) is 0 Å². The quantitative estimate of drug-likeness (QED) is 0.872. The number of halogens is 1. The van der Waals surface area contributed by atoms with E-state index in [1.54, 1.807) is 13.0 Å². The number of amides is 1. The number of aliphatic carboxylic acids is 1. The van der Waals surface area contributed by atoms with Crippen LogP contribution in [0, 0.1) is 18.7 Å². The third kappa shape index (κ3) is 2.74. The van der Waals surface area contributed by atoms with Gasteiger partial charge in [0.2, 0.25) is 0 Å². The number of aryl methyl sites for hydroxylation is 1. The van der Waals surface area contributed by atoms with Crippen molar-refractivity contribution < 1.29 is 24.2 Å². The molecule has 0 radical (unpaired) electrons. The fraction of sp³-hybridized carbons (Fsp3) is 0.429. The Bertz CT molecular complexity index is 546. The number of carbonyl (C=O) groups is 2. The molecule has 0 aromatic heterocycles. The molecule has 0 saturated carbocycles. The second kappa shape index (κ2) is 5.48. The molecular formula is C14H16FNO4. The van der Waals surface area contributed by atoms with Gasteiger partial charge in [-0.15, -0.1) is 0 Å². The smallest absolute Gasteiger partial charge is 0.407 e. The molecule has 1 saturated heterocycles. The van der Waals surface area contributed by atoms with Gasteiger partial charge in [-0.05, 0) is 36.6 Å². The van der Waals surface area contributed by atoms with Gasteiger partial charge in [0.15, 0.2) is 0 Å². The van der Waals surface area contributed by atoms with Gasteiger partial charge in [0, 0.05) is 19.0 Å². The van der Waals surface area contributed by atoms with Crippen molar-refractivity contribution in [3.05, 3.63) is 35.1 Å². The monoisotopic (exact) mass is 281 g/mol. The maximum Gasteiger partial charge on any atom is 0.407 e. The minimum absolute atomic E-state index is 0.0356. The molecule has 108 valence electrons. The molecular weight excluding hydrogens is 265 g/mol. The molecule has 1 aromatic carbocycles. The number of hydrogen-bond donors (Lipinski definition) is 2. The first-order valence-electron chi connectivity index (χ1n) is 6.37. The second-order valence-corrected chi connectivity index (χ2v) is 5.07. The van der Waals surface area contributed by atoms with Crippen molar-refractivity contribution in [2.75, 3.05) is 13.1 Å². The van der Waals surface area contributed by atoms with Crippen LogP contribution in [0.15, 0.2) is 18.2 Å². The molecule has 5 nitrogen and oxygen atoms in total. The Kier molecular flexibility index (Phi) is 3.92. The summed E-state index contributed by atoms with van der Waals surface area (Å²) in [5.74, 6) is -2.47. The summed E-state index contributed by atoms with van der Waals surface area (Å²) in [7, 11) is 0. The molecule has 1 aliphatic heterocycles. The Morgan fingerprint density at radius 1 is 1.35 bits per heavy atom. The van der Waals surface area contributed by atoms with Crippen LogP contribution in [-0.4, -0.2) is 40.3 Å². The predicted octanol–water partition coefficient (Wildman–Crippen LogP) is 2.30. The molecule has 1 aromatic rings. The Labute approximate surface area is 115 Å². The van der Waals surface area contributed by atoms with Crippen LogP contribution in [0.25, 0.3) is 0 Å². The summed E-state index contributed by atoms with van der Waals surface area (Å²) in [5.41, 5.74) is 1.48. The Hall–Kier alpha value is -2.11. The highest BCUT2D eigenvalue weighted by Crippen LogP contribution is 2.35. The predicted molar refractivity (Wildman–Crippen MR) is 69.2 cm³/mol. The largest absolute Gasteiger partial charge is 0.481 e. The third-order valence-corrected chi connectivity index (χ3v) is 3.83. The van der Waals surface area contributed by atoms with Gasteiger partial charge in [-0.2, -0.15) is 0 Å². The fourth-order valence-electron chi connectivity index (χ4n) is 2.80. The van der Waals surface area contributed by atoms with Gasteiger partial charge < -0.3 is 15.1 Å². The summed E-state index contributed by atoms with van der Waals surface area (Å²) in [4.78, 5) is 23.5. The van der Waals surface area contributed by atoms with E-state index in [1.165, 1.54) is 12.1 Å². The van der Waals surface area contributed by atoms with E-state index in [0.717, 1.165) is 10.5 Å². The first-order valence-corrected chi connectivity index (χ1v) is 6.37. The molecule has 2 rings (SSSR count). The van der Waals surface area contributed by atoms with Crippen molar-refractivity contribution in [1.29, 1.82) is 0 Å². The van der Waals surface area contributed by atoms with Crippen molar-refractivity contribution >= 4 is 12.1 Å². The molecule has 6 heteroatoms. The lowest BCUT2D eigenvalue weighted by atomic mass is 9.79. The summed E-state index contributed by atoms with van der Waals surface area (Å²) in [6.45, 7) is 1.99. The van der Waals surface area contributed by atoms with Crippen molar-refractivity contribution in [1.82, 2.24) is 4.90 Å². The van der Waals surface area contributed by atoms with Gasteiger partial charge in [0.1, 0.15) is 5.82 Å². The number of benzene rings is 1. The average Bonchev–Trinajstić information content (AvgIpc) is 2.38. The van der Waals surface area contributed by atoms with Gasteiger partial charge in [0.05, 0.1) is 5.92 Å². The van der Waals surface area contributed by atoms with Crippen LogP contribution in [0.1, 0.15) is 23.5 Å². The summed E-state index contributed by atoms with van der Waals surface area (Å²) in [6.07, 6.45) is -0.680. The van der Waals surface area contributed by atoms with Crippen LogP contribution >= 0.6 is 0 Å². The van der Waals surface area contributed by atoms with Crippen molar-refractivity contribution in [3.8, 4) is 0 Å². The van der Waals surface area contributed by atoms with E-state index >= 15 is 0 Å². The number of hydrogen-bond acceptors (Lipinski definition) is 2. The van der Waals surface area contributed by atoms with Gasteiger partial charge in [-0.1, -0.05) is 6.07 Å². The minimum atomic E-state index is -1.11. The van der Waals surface area contributed by atoms with Crippen LogP contribution in [-0.2, 0) is 4.79 Å². The van der Waals surface area contributed by atoms with E-state index in [0.29, 0.717) is 18.5 Å². The molecule has 0 unspecified atom stereocenters. The fourth-order valence-corrected chi connectivity index (χ4v) is 2.80. The minimum Gasteiger partial charge on any atom is -0.481 e. The first-order chi connectivity index (χ1) is 9.40. The Morgan fingerprint density at radius 2 is 2.05 bits per heavy atom. The molecule has 0 bridgehead atoms. The lowest BCUT2D eigenvalue weighted by Crippen LogP contribution is -2.45. The first kappa shape index (κ1) is 14.3. The van der Waals surface area contributed by atoms with E-state index in [4.69, 9.17) is 5.11 Å². The average molecular weight is 281 g/mol. The van der Waals surface area contributed by atoms with Crippen LogP contribution in [0.5, 0.6) is 0 Å². The zero-order chi connectivity index (χ0) is 14.9. The lowest BCUT2D eigenvalue weighted by Gasteiger charge is -2.35. The number of likely N-dealkylation sites (tertiary alicyclic amines) is 1. The molecule has 1 aliphatic rings. The lowest BCUT2D eigenvalue weighted by molar-refractivity contribution is -0.144. The van der Waals surface area contributed by atoms with Crippen LogP contribution < -0.4 is 0 Å². The van der Waals surface area contributed by atoms with E-state index < -0.39 is 18.0 Å². The number of nitrogens with zero attached hydrogens (tertiary/aromatic N) is 1. The normalized spacial score (nSPS) is 22.6. The van der Waals surface area contributed by atoms with Crippen LogP contribution in [0.4, 0.5) is 9.18 Å². The maximum absolute atomic E-state index is 13.1. The highest BCUT2D eigenvalue weighted by atomic mass is 19.1. The van der Waals surface area contributed by atoms with E-state index in [-0.39, 0.29) is 18.3 Å². The van der Waals surface area contributed by atoms with Crippen molar-refractivity contribution in [2.24, 2.45) is 5.92 Å². The molecule has 2 atom stereocenters. The number of rotatable bonds is 2. The van der Waals surface area contributed by atoms with E-state index in [1.807, 2.05) is 0 Å². The summed E-state index contributed by atoms with van der Waals surface area (Å²) in [5, 5.41) is 18.3. The SMILES string of the molecule is Cc1cc(F)ccc1[C@@H]1CCN(C(=O)O)C[C@@H]1C(=O)O. The van der Waals surface area contributed by atoms with Gasteiger partial charge in [0.25, 0.3) is 0 Å². The standard InChI is InChI=1S/C14H16FNO4/c1-8-6-9(15)2-3-10(8)11-4-5-16(14(19)20)7-12(11)13(17)18/h2-3,6,11-12H,4-5,7H2,1H3,(H,17,18)(H,19,20)/t11-,12-/m0/s1. The Balaban J connectivity index is 2.30. The molecule has 20 heavy (non-hydrogen) atoms. The number of carboxylic acids is 1. The maximum atomic E-state index is 13.1. The highest BCUT2D eigenvalue weighted by molar-refractivity contribution is 5.74. The van der Waals surface area contributed by atoms with Crippen molar-refractivity contribution in [2.45, 2.75) is 19.3 Å². The number of piperidine rings is 1. The summed E-state index contributed by atoms with van der Waals surface area (Å²) in [6, 6.07) is 4.28. The van der Waals surface area contributed by atoms with Crippen LogP contribution in [0.3, 0.4) is 0 Å². The van der Waals surface area contributed by atoms with Gasteiger partial charge >= 0.3 is 12.1 Å². The molecule has 1 fully saturated rings. The molecule has 0 spiro atoms. The third-order valence-electron chi connectivity index (χ3n) is 3.83. The van der Waals surface area contributed by atoms with Gasteiger partial charge in [-0.3, -0.25) is 4.79 Å². The number of carboxylic acid groups (broad SMARTS) is 2. The molecule has 2 N–H and O–H groups in total. The topological polar surface area (TPSA) is 77.8 Å². The summed E-state index contributed by atoms with van der Waals surface area (Å²) < 4.78 is 13.1. The van der Waals surface area contributed by atoms with E-state index in [2.05, 4.69) is 0 Å². The molecule has 1 heterocycles. The zero-order valence-electron chi connectivity index (χ0n) is 11.0. The van der Waals surface area contributed by atoms with E-state index in [9.17, 15) is 19.1 Å². The summed E-state index contributed by atoms with van der Waals surface area (Å²) >= 11 is 0.